The largest absolute Gasteiger partial charge is 0.483 e. The number of benzene rings is 2. The van der Waals surface area contributed by atoms with E-state index in [-0.39, 0.29) is 17.6 Å². The molecule has 9 heteroatoms. The fourth-order valence-electron chi connectivity index (χ4n) is 2.23. The van der Waals surface area contributed by atoms with Crippen molar-refractivity contribution in [2.24, 2.45) is 0 Å². The zero-order chi connectivity index (χ0) is 19.2. The van der Waals surface area contributed by atoms with E-state index in [4.69, 9.17) is 17.0 Å². The van der Waals surface area contributed by atoms with Crippen molar-refractivity contribution in [2.45, 2.75) is 0 Å². The molecule has 6 nitrogen and oxygen atoms in total. The summed E-state index contributed by atoms with van der Waals surface area (Å²) in [5.41, 5.74) is 4.85. The summed E-state index contributed by atoms with van der Waals surface area (Å²) in [6.07, 6.45) is 0. The summed E-state index contributed by atoms with van der Waals surface area (Å²) in [6, 6.07) is 15.0. The first kappa shape index (κ1) is 19.3. The molecule has 0 saturated heterocycles. The monoisotopic (exact) mass is 463 g/mol. The summed E-state index contributed by atoms with van der Waals surface area (Å²) >= 11 is 9.77. The van der Waals surface area contributed by atoms with Crippen molar-refractivity contribution in [3.63, 3.8) is 0 Å². The minimum Gasteiger partial charge on any atom is -0.483 e. The van der Waals surface area contributed by atoms with Gasteiger partial charge in [-0.1, -0.05) is 36.4 Å². The van der Waals surface area contributed by atoms with Gasteiger partial charge in [-0.2, -0.15) is 0 Å². The second-order valence-electron chi connectivity index (χ2n) is 5.32. The lowest BCUT2D eigenvalue weighted by atomic mass is 10.1. The van der Waals surface area contributed by atoms with Crippen LogP contribution in [0.3, 0.4) is 0 Å². The highest BCUT2D eigenvalue weighted by Gasteiger charge is 2.11. The molecule has 0 saturated carbocycles. The SMILES string of the molecule is O=C(COc1ccc2ccccc2c1Br)NNC(=S)NC(=O)c1cccs1. The summed E-state index contributed by atoms with van der Waals surface area (Å²) in [5, 5.41) is 6.31. The van der Waals surface area contributed by atoms with Gasteiger partial charge in [-0.15, -0.1) is 11.3 Å². The third kappa shape index (κ3) is 5.03. The summed E-state index contributed by atoms with van der Waals surface area (Å²) in [7, 11) is 0. The Kier molecular flexibility index (Phi) is 6.38. The smallest absolute Gasteiger partial charge is 0.276 e. The molecule has 0 atom stereocenters. The maximum absolute atomic E-state index is 11.9. The highest BCUT2D eigenvalue weighted by molar-refractivity contribution is 9.10. The molecule has 0 aliphatic heterocycles. The molecule has 0 radical (unpaired) electrons. The van der Waals surface area contributed by atoms with Crippen LogP contribution in [-0.4, -0.2) is 23.5 Å². The van der Waals surface area contributed by atoms with Gasteiger partial charge in [-0.3, -0.25) is 25.8 Å². The Hall–Kier alpha value is -2.49. The Morgan fingerprint density at radius 1 is 1.07 bits per heavy atom. The van der Waals surface area contributed by atoms with E-state index in [1.54, 1.807) is 23.6 Å². The summed E-state index contributed by atoms with van der Waals surface area (Å²) in [4.78, 5) is 24.3. The Balaban J connectivity index is 1.48. The molecule has 0 aliphatic rings. The van der Waals surface area contributed by atoms with Crippen molar-refractivity contribution < 1.29 is 14.3 Å². The molecule has 0 spiro atoms. The lowest BCUT2D eigenvalue weighted by molar-refractivity contribution is -0.123. The highest BCUT2D eigenvalue weighted by atomic mass is 79.9. The number of thiocarbonyl (C=S) groups is 1. The molecule has 1 aromatic heterocycles. The lowest BCUT2D eigenvalue weighted by Gasteiger charge is -2.12. The Morgan fingerprint density at radius 2 is 1.89 bits per heavy atom. The van der Waals surface area contributed by atoms with Crippen LogP contribution in [-0.2, 0) is 4.79 Å². The minimum atomic E-state index is -0.442. The normalized spacial score (nSPS) is 10.3. The van der Waals surface area contributed by atoms with Crippen molar-refractivity contribution in [1.82, 2.24) is 16.2 Å². The van der Waals surface area contributed by atoms with Crippen LogP contribution in [0.2, 0.25) is 0 Å². The minimum absolute atomic E-state index is 0.00589. The van der Waals surface area contributed by atoms with Crippen LogP contribution in [0.25, 0.3) is 10.8 Å². The van der Waals surface area contributed by atoms with E-state index in [0.29, 0.717) is 10.6 Å². The molecule has 3 rings (SSSR count). The fraction of sp³-hybridized carbons (Fsp3) is 0.0556. The van der Waals surface area contributed by atoms with Crippen LogP contribution in [0.4, 0.5) is 0 Å². The van der Waals surface area contributed by atoms with Gasteiger partial charge in [0.15, 0.2) is 11.7 Å². The van der Waals surface area contributed by atoms with Crippen LogP contribution in [0.5, 0.6) is 5.75 Å². The third-order valence-electron chi connectivity index (χ3n) is 3.47. The zero-order valence-corrected chi connectivity index (χ0v) is 17.0. The van der Waals surface area contributed by atoms with Crippen molar-refractivity contribution in [2.75, 3.05) is 6.61 Å². The average molecular weight is 464 g/mol. The van der Waals surface area contributed by atoms with Crippen LogP contribution >= 0.6 is 39.5 Å². The molecule has 0 unspecified atom stereocenters. The molecule has 27 heavy (non-hydrogen) atoms. The first-order chi connectivity index (χ1) is 13.0. The van der Waals surface area contributed by atoms with Gasteiger partial charge >= 0.3 is 0 Å². The number of nitrogens with one attached hydrogen (secondary N) is 3. The molecule has 2 aromatic carbocycles. The number of ether oxygens (including phenoxy) is 1. The summed E-state index contributed by atoms with van der Waals surface area (Å²) in [5.74, 6) is -0.228. The zero-order valence-electron chi connectivity index (χ0n) is 13.8. The second kappa shape index (κ2) is 8.94. The topological polar surface area (TPSA) is 79.5 Å². The standard InChI is InChI=1S/C18H14BrN3O3S2/c19-16-12-5-2-1-4-11(12)7-8-13(16)25-10-15(23)21-22-18(26)20-17(24)14-6-3-9-27-14/h1-9H,10H2,(H,21,23)(H2,20,22,24,26). The quantitative estimate of drug-likeness (QED) is 0.408. The van der Waals surface area contributed by atoms with E-state index >= 15 is 0 Å². The van der Waals surface area contributed by atoms with E-state index in [1.165, 1.54) is 11.3 Å². The molecule has 0 fully saturated rings. The number of fused-ring (bicyclic) bond motifs is 1. The number of amides is 2. The molecule has 0 aliphatic carbocycles. The predicted molar refractivity (Wildman–Crippen MR) is 113 cm³/mol. The van der Waals surface area contributed by atoms with E-state index in [9.17, 15) is 9.59 Å². The number of thiophene rings is 1. The van der Waals surface area contributed by atoms with E-state index < -0.39 is 5.91 Å². The number of carbonyl (C=O) groups is 2. The number of hydrogen-bond acceptors (Lipinski definition) is 5. The number of rotatable bonds is 4. The van der Waals surface area contributed by atoms with E-state index in [0.717, 1.165) is 15.2 Å². The van der Waals surface area contributed by atoms with E-state index in [2.05, 4.69) is 32.1 Å². The highest BCUT2D eigenvalue weighted by Crippen LogP contribution is 2.32. The van der Waals surface area contributed by atoms with Gasteiger partial charge in [0.1, 0.15) is 5.75 Å². The molecule has 1 heterocycles. The molecule has 3 N–H and O–H groups in total. The van der Waals surface area contributed by atoms with Crippen LogP contribution in [0, 0.1) is 0 Å². The van der Waals surface area contributed by atoms with E-state index in [1.807, 2.05) is 30.3 Å². The molecular weight excluding hydrogens is 450 g/mol. The first-order valence-corrected chi connectivity index (χ1v) is 9.86. The first-order valence-electron chi connectivity index (χ1n) is 7.78. The van der Waals surface area contributed by atoms with Gasteiger partial charge < -0.3 is 4.74 Å². The van der Waals surface area contributed by atoms with Crippen molar-refractivity contribution in [3.8, 4) is 5.75 Å². The number of hydrazine groups is 1. The van der Waals surface area contributed by atoms with Gasteiger partial charge in [0.25, 0.3) is 11.8 Å². The average Bonchev–Trinajstić information content (AvgIpc) is 3.21. The Bertz CT molecular complexity index is 993. The van der Waals surface area contributed by atoms with Gasteiger partial charge in [0.2, 0.25) is 0 Å². The Morgan fingerprint density at radius 3 is 2.67 bits per heavy atom. The summed E-state index contributed by atoms with van der Waals surface area (Å²) < 4.78 is 6.33. The lowest BCUT2D eigenvalue weighted by Crippen LogP contribution is -2.49. The molecule has 0 bridgehead atoms. The number of halogens is 1. The number of carbonyl (C=O) groups excluding carboxylic acids is 2. The molecular formula is C18H14BrN3O3S2. The fourth-order valence-corrected chi connectivity index (χ4v) is 3.61. The van der Waals surface area contributed by atoms with Crippen molar-refractivity contribution >= 4 is 67.2 Å². The molecule has 138 valence electrons. The van der Waals surface area contributed by atoms with Gasteiger partial charge in [0.05, 0.1) is 9.35 Å². The van der Waals surface area contributed by atoms with Crippen LogP contribution in [0.1, 0.15) is 9.67 Å². The van der Waals surface area contributed by atoms with Gasteiger partial charge in [0, 0.05) is 0 Å². The van der Waals surface area contributed by atoms with Crippen LogP contribution in [0.15, 0.2) is 58.4 Å². The van der Waals surface area contributed by atoms with Gasteiger partial charge in [-0.05, 0) is 56.4 Å². The third-order valence-corrected chi connectivity index (χ3v) is 5.36. The predicted octanol–water partition coefficient (Wildman–Crippen LogP) is 3.38. The van der Waals surface area contributed by atoms with Crippen molar-refractivity contribution in [1.29, 1.82) is 0 Å². The van der Waals surface area contributed by atoms with Crippen molar-refractivity contribution in [3.05, 3.63) is 63.3 Å². The summed E-state index contributed by atoms with van der Waals surface area (Å²) in [6.45, 7) is -0.217. The second-order valence-corrected chi connectivity index (χ2v) is 7.47. The van der Waals surface area contributed by atoms with Gasteiger partial charge in [-0.25, -0.2) is 0 Å². The van der Waals surface area contributed by atoms with Crippen LogP contribution < -0.4 is 20.9 Å². The maximum atomic E-state index is 11.9. The Labute approximate surface area is 173 Å². The number of hydrogen-bond donors (Lipinski definition) is 3. The molecule has 3 aromatic rings. The molecule has 2 amide bonds. The maximum Gasteiger partial charge on any atom is 0.276 e.